The van der Waals surface area contributed by atoms with Crippen LogP contribution < -0.4 is 9.80 Å². The third kappa shape index (κ3) is 3.83. The highest BCUT2D eigenvalue weighted by molar-refractivity contribution is 6.05. The van der Waals surface area contributed by atoms with E-state index >= 15 is 0 Å². The number of piperidine rings is 1. The summed E-state index contributed by atoms with van der Waals surface area (Å²) in [5, 5.41) is 0. The van der Waals surface area contributed by atoms with E-state index in [4.69, 9.17) is 9.47 Å². The van der Waals surface area contributed by atoms with Crippen LogP contribution in [0.3, 0.4) is 0 Å². The molecule has 7 heteroatoms. The van der Waals surface area contributed by atoms with E-state index in [2.05, 4.69) is 0 Å². The third-order valence-corrected chi connectivity index (χ3v) is 4.63. The molecule has 1 aromatic rings. The second-order valence-electron chi connectivity index (χ2n) is 6.34. The molecule has 2 heterocycles. The van der Waals surface area contributed by atoms with E-state index in [0.717, 1.165) is 18.5 Å². The molecular formula is C21H22N2O5. The highest BCUT2D eigenvalue weighted by atomic mass is 16.5. The summed E-state index contributed by atoms with van der Waals surface area (Å²) >= 11 is 0. The molecule has 0 atom stereocenters. The number of carbonyl (C=O) groups excluding carboxylic acids is 3. The van der Waals surface area contributed by atoms with Gasteiger partial charge in [0, 0.05) is 30.5 Å². The van der Waals surface area contributed by atoms with Gasteiger partial charge in [0.1, 0.15) is 5.70 Å². The van der Waals surface area contributed by atoms with Crippen molar-refractivity contribution in [3.05, 3.63) is 60.0 Å². The number of amides is 1. The van der Waals surface area contributed by atoms with E-state index in [9.17, 15) is 14.4 Å². The minimum Gasteiger partial charge on any atom is -0.465 e. The van der Waals surface area contributed by atoms with Crippen LogP contribution in [-0.2, 0) is 23.9 Å². The Balaban J connectivity index is 2.07. The van der Waals surface area contributed by atoms with E-state index < -0.39 is 11.9 Å². The minimum absolute atomic E-state index is 0.0430. The number of ether oxygens (including phenoxy) is 2. The fourth-order valence-corrected chi connectivity index (χ4v) is 3.26. The first kappa shape index (κ1) is 19.4. The Bertz CT molecular complexity index is 885. The number of allylic oxidation sites excluding steroid dienone is 2. The second kappa shape index (κ2) is 8.56. The van der Waals surface area contributed by atoms with Crippen molar-refractivity contribution in [2.24, 2.45) is 0 Å². The average molecular weight is 382 g/mol. The summed E-state index contributed by atoms with van der Waals surface area (Å²) in [6.07, 6.45) is 8.89. The van der Waals surface area contributed by atoms with Crippen molar-refractivity contribution in [2.45, 2.75) is 19.3 Å². The molecule has 1 fully saturated rings. The monoisotopic (exact) mass is 382 g/mol. The van der Waals surface area contributed by atoms with E-state index in [1.165, 1.54) is 20.3 Å². The Morgan fingerprint density at radius 2 is 1.75 bits per heavy atom. The number of methoxy groups -OCH3 is 2. The van der Waals surface area contributed by atoms with Crippen molar-refractivity contribution in [2.75, 3.05) is 30.6 Å². The van der Waals surface area contributed by atoms with Gasteiger partial charge in [-0.05, 0) is 43.2 Å². The van der Waals surface area contributed by atoms with Crippen LogP contribution in [0.1, 0.15) is 19.3 Å². The average Bonchev–Trinajstić information content (AvgIpc) is 2.96. The molecule has 2 aliphatic heterocycles. The molecule has 0 bridgehead atoms. The Labute approximate surface area is 163 Å². The van der Waals surface area contributed by atoms with Gasteiger partial charge in [-0.3, -0.25) is 4.79 Å². The molecule has 0 N–H and O–H groups in total. The van der Waals surface area contributed by atoms with Gasteiger partial charge in [-0.15, -0.1) is 0 Å². The van der Waals surface area contributed by atoms with Crippen molar-refractivity contribution in [3.63, 3.8) is 0 Å². The summed E-state index contributed by atoms with van der Waals surface area (Å²) in [6, 6.07) is 7.28. The molecule has 0 unspecified atom stereocenters. The second-order valence-corrected chi connectivity index (χ2v) is 6.34. The molecule has 2 aliphatic rings. The van der Waals surface area contributed by atoms with E-state index in [0.29, 0.717) is 18.7 Å². The lowest BCUT2D eigenvalue weighted by atomic mass is 10.1. The highest BCUT2D eigenvalue weighted by Crippen LogP contribution is 2.30. The maximum atomic E-state index is 12.5. The Kier molecular flexibility index (Phi) is 5.93. The first-order valence-electron chi connectivity index (χ1n) is 9.02. The summed E-state index contributed by atoms with van der Waals surface area (Å²) < 4.78 is 9.73. The van der Waals surface area contributed by atoms with Gasteiger partial charge < -0.3 is 19.3 Å². The Hall–Kier alpha value is -3.35. The molecule has 0 radical (unpaired) electrons. The van der Waals surface area contributed by atoms with Crippen molar-refractivity contribution >= 4 is 29.2 Å². The lowest BCUT2D eigenvalue weighted by Crippen LogP contribution is -2.35. The van der Waals surface area contributed by atoms with Crippen molar-refractivity contribution < 1.29 is 23.9 Å². The summed E-state index contributed by atoms with van der Waals surface area (Å²) in [7, 11) is 2.51. The normalized spacial score (nSPS) is 16.9. The largest absolute Gasteiger partial charge is 0.465 e. The first-order chi connectivity index (χ1) is 13.6. The van der Waals surface area contributed by atoms with Gasteiger partial charge in [-0.1, -0.05) is 12.1 Å². The number of hydrogen-bond acceptors (Lipinski definition) is 6. The number of esters is 2. The number of rotatable bonds is 4. The van der Waals surface area contributed by atoms with Crippen LogP contribution in [0.15, 0.2) is 60.0 Å². The van der Waals surface area contributed by atoms with Gasteiger partial charge in [0.15, 0.2) is 0 Å². The van der Waals surface area contributed by atoms with Gasteiger partial charge in [0.2, 0.25) is 5.91 Å². The van der Waals surface area contributed by atoms with E-state index in [-0.39, 0.29) is 17.2 Å². The number of nitrogens with zero attached hydrogens (tertiary/aromatic N) is 2. The Morgan fingerprint density at radius 3 is 2.46 bits per heavy atom. The van der Waals surface area contributed by atoms with Gasteiger partial charge in [0.05, 0.1) is 19.8 Å². The van der Waals surface area contributed by atoms with E-state index in [1.807, 2.05) is 18.2 Å². The van der Waals surface area contributed by atoms with Crippen LogP contribution in [0.4, 0.5) is 11.4 Å². The predicted molar refractivity (Wildman–Crippen MR) is 104 cm³/mol. The topological polar surface area (TPSA) is 76.2 Å². The Morgan fingerprint density at radius 1 is 1.00 bits per heavy atom. The lowest BCUT2D eigenvalue weighted by Gasteiger charge is -2.29. The maximum Gasteiger partial charge on any atom is 0.355 e. The molecule has 3 rings (SSSR count). The van der Waals surface area contributed by atoms with E-state index in [1.54, 1.807) is 34.2 Å². The molecule has 0 aromatic heterocycles. The smallest absolute Gasteiger partial charge is 0.355 e. The standard InChI is InChI=1S/C21H22N2O5/c1-27-20(25)17-10-3-5-13-23(19(17)21(26)28-2)16-9-7-8-15(14-16)22-12-6-4-11-18(22)24/h3,5,7-10,13-14H,4,6,11-12H2,1-2H3. The predicted octanol–water partition coefficient (Wildman–Crippen LogP) is 2.69. The molecule has 0 saturated carbocycles. The fraction of sp³-hybridized carbons (Fsp3) is 0.286. The SMILES string of the molecule is COC(=O)C1=C(C(=O)OC)N(c2cccc(N3CCCCC3=O)c2)C=CC=C1. The van der Waals surface area contributed by atoms with Crippen LogP contribution in [0.5, 0.6) is 0 Å². The van der Waals surface area contributed by atoms with Gasteiger partial charge in [-0.2, -0.15) is 0 Å². The highest BCUT2D eigenvalue weighted by Gasteiger charge is 2.28. The third-order valence-electron chi connectivity index (χ3n) is 4.63. The molecule has 1 amide bonds. The van der Waals surface area contributed by atoms with Crippen molar-refractivity contribution in [3.8, 4) is 0 Å². The zero-order chi connectivity index (χ0) is 20.1. The summed E-state index contributed by atoms with van der Waals surface area (Å²) in [6.45, 7) is 0.660. The quantitative estimate of drug-likeness (QED) is 0.746. The minimum atomic E-state index is -0.670. The zero-order valence-corrected chi connectivity index (χ0v) is 15.9. The maximum absolute atomic E-state index is 12.5. The summed E-state index contributed by atoms with van der Waals surface area (Å²) in [5.41, 5.74) is 1.49. The van der Waals surface area contributed by atoms with Gasteiger partial charge in [-0.25, -0.2) is 9.59 Å². The van der Waals surface area contributed by atoms with Gasteiger partial charge in [0.25, 0.3) is 0 Å². The molecule has 28 heavy (non-hydrogen) atoms. The molecule has 0 aliphatic carbocycles. The van der Waals surface area contributed by atoms with Crippen LogP contribution in [0, 0.1) is 0 Å². The zero-order valence-electron chi connectivity index (χ0n) is 15.9. The first-order valence-corrected chi connectivity index (χ1v) is 9.02. The van der Waals surface area contributed by atoms with Crippen LogP contribution in [0.25, 0.3) is 0 Å². The molecule has 1 saturated heterocycles. The number of hydrogen-bond donors (Lipinski definition) is 0. The number of anilines is 2. The number of carbonyl (C=O) groups is 3. The molecule has 146 valence electrons. The van der Waals surface area contributed by atoms with Crippen molar-refractivity contribution in [1.82, 2.24) is 0 Å². The van der Waals surface area contributed by atoms with Crippen molar-refractivity contribution in [1.29, 1.82) is 0 Å². The summed E-state index contributed by atoms with van der Waals surface area (Å²) in [5.74, 6) is -1.24. The van der Waals surface area contributed by atoms with Gasteiger partial charge >= 0.3 is 11.9 Å². The molecule has 0 spiro atoms. The molecular weight excluding hydrogens is 360 g/mol. The van der Waals surface area contributed by atoms with Crippen LogP contribution in [0.2, 0.25) is 0 Å². The molecule has 7 nitrogen and oxygen atoms in total. The summed E-state index contributed by atoms with van der Waals surface area (Å²) in [4.78, 5) is 40.3. The lowest BCUT2D eigenvalue weighted by molar-refractivity contribution is -0.139. The molecule has 1 aromatic carbocycles. The number of benzene rings is 1. The fourth-order valence-electron chi connectivity index (χ4n) is 3.26. The van der Waals surface area contributed by atoms with Crippen LogP contribution >= 0.6 is 0 Å². The van der Waals surface area contributed by atoms with Crippen LogP contribution in [-0.4, -0.2) is 38.6 Å².